The Labute approximate surface area is 206 Å². The number of carboxylic acids is 1. The van der Waals surface area contributed by atoms with Gasteiger partial charge in [0.1, 0.15) is 22.6 Å². The molecule has 18 heteroatoms. The Morgan fingerprint density at radius 1 is 1.41 bits per heavy atom. The van der Waals surface area contributed by atoms with Crippen LogP contribution in [0.5, 0.6) is 0 Å². The first-order valence-electron chi connectivity index (χ1n) is 9.67. The van der Waals surface area contributed by atoms with E-state index < -0.39 is 44.7 Å². The number of hydrogen-bond donors (Lipinski definition) is 4. The largest absolute Gasteiger partial charge is 0.477 e. The fourth-order valence-corrected chi connectivity index (χ4v) is 7.70. The van der Waals surface area contributed by atoms with Gasteiger partial charge in [-0.2, -0.15) is 4.72 Å². The summed E-state index contributed by atoms with van der Waals surface area (Å²) in [6.07, 6.45) is 2.53. The highest BCUT2D eigenvalue weighted by molar-refractivity contribution is 8.04. The van der Waals surface area contributed by atoms with E-state index in [-0.39, 0.29) is 12.1 Å². The van der Waals surface area contributed by atoms with Gasteiger partial charge in [-0.15, -0.1) is 16.9 Å². The van der Waals surface area contributed by atoms with E-state index in [0.717, 1.165) is 18.0 Å². The molecule has 1 fully saturated rings. The van der Waals surface area contributed by atoms with Crippen molar-refractivity contribution in [2.24, 2.45) is 7.05 Å². The minimum absolute atomic E-state index is 0.0456. The Hall–Kier alpha value is -2.28. The van der Waals surface area contributed by atoms with Crippen LogP contribution in [-0.2, 0) is 31.5 Å². The van der Waals surface area contributed by atoms with Crippen LogP contribution in [-0.4, -0.2) is 91.1 Å². The highest BCUT2D eigenvalue weighted by atomic mass is 32.2. The quantitative estimate of drug-likeness (QED) is 0.205. The zero-order valence-electron chi connectivity index (χ0n) is 17.8. The number of fused-ring (bicyclic) bond motifs is 1. The van der Waals surface area contributed by atoms with Gasteiger partial charge < -0.3 is 15.7 Å². The van der Waals surface area contributed by atoms with Crippen molar-refractivity contribution in [2.45, 2.75) is 28.5 Å². The number of aromatic nitrogens is 4. The first kappa shape index (κ1) is 24.8. The molecule has 1 aromatic heterocycles. The van der Waals surface area contributed by atoms with Crippen LogP contribution in [0.25, 0.3) is 0 Å². The Bertz CT molecular complexity index is 1200. The number of sulfonamides is 1. The van der Waals surface area contributed by atoms with Crippen LogP contribution < -0.4 is 15.4 Å². The highest BCUT2D eigenvalue weighted by Crippen LogP contribution is 2.41. The summed E-state index contributed by atoms with van der Waals surface area (Å²) in [6.45, 7) is 0. The number of rotatable bonds is 9. The number of aliphatic carboxylic acids is 1. The van der Waals surface area contributed by atoms with Gasteiger partial charge in [0.25, 0.3) is 5.91 Å². The molecule has 4 heterocycles. The minimum atomic E-state index is -3.41. The Morgan fingerprint density at radius 2 is 2.18 bits per heavy atom. The van der Waals surface area contributed by atoms with E-state index in [4.69, 9.17) is 0 Å². The topological polar surface area (TPSA) is 189 Å². The highest BCUT2D eigenvalue weighted by Gasteiger charge is 2.54. The van der Waals surface area contributed by atoms with Crippen LogP contribution in [0, 0.1) is 0 Å². The summed E-state index contributed by atoms with van der Waals surface area (Å²) in [5.74, 6) is -1.44. The Balaban J connectivity index is 1.35. The summed E-state index contributed by atoms with van der Waals surface area (Å²) in [7, 11) is -1.74. The van der Waals surface area contributed by atoms with Gasteiger partial charge in [-0.3, -0.25) is 14.5 Å². The predicted molar refractivity (Wildman–Crippen MR) is 124 cm³/mol. The average Bonchev–Trinajstić information content (AvgIpc) is 3.36. The van der Waals surface area contributed by atoms with Crippen LogP contribution in [0.4, 0.5) is 0 Å². The predicted octanol–water partition coefficient (Wildman–Crippen LogP) is -1.56. The third-order valence-electron chi connectivity index (χ3n) is 4.84. The van der Waals surface area contributed by atoms with Crippen molar-refractivity contribution in [3.63, 3.8) is 0 Å². The number of thioether (sulfide) groups is 3. The van der Waals surface area contributed by atoms with E-state index in [1.807, 2.05) is 0 Å². The van der Waals surface area contributed by atoms with Crippen LogP contribution in [0.3, 0.4) is 0 Å². The molecule has 0 saturated carbocycles. The van der Waals surface area contributed by atoms with Crippen molar-refractivity contribution in [3.05, 3.63) is 22.4 Å². The number of amides is 2. The fourth-order valence-electron chi connectivity index (χ4n) is 3.41. The third-order valence-corrected chi connectivity index (χ3v) is 9.15. The molecular weight excluding hydrogens is 528 g/mol. The molecule has 1 aromatic rings. The van der Waals surface area contributed by atoms with E-state index in [0.29, 0.717) is 27.1 Å². The number of carboxylic acid groups (broad SMARTS) is 1. The van der Waals surface area contributed by atoms with Gasteiger partial charge in [-0.1, -0.05) is 23.5 Å². The van der Waals surface area contributed by atoms with Gasteiger partial charge in [-0.05, 0) is 16.0 Å². The second kappa shape index (κ2) is 9.76. The van der Waals surface area contributed by atoms with Gasteiger partial charge in [0.05, 0.1) is 12.7 Å². The van der Waals surface area contributed by atoms with E-state index in [9.17, 15) is 27.9 Å². The van der Waals surface area contributed by atoms with Gasteiger partial charge in [0.15, 0.2) is 0 Å². The van der Waals surface area contributed by atoms with E-state index in [2.05, 4.69) is 30.9 Å². The van der Waals surface area contributed by atoms with Gasteiger partial charge >= 0.3 is 5.97 Å². The van der Waals surface area contributed by atoms with Crippen LogP contribution in [0.15, 0.2) is 27.5 Å². The van der Waals surface area contributed by atoms with E-state index in [1.54, 1.807) is 13.2 Å². The van der Waals surface area contributed by atoms with Crippen molar-refractivity contribution >= 4 is 63.1 Å². The van der Waals surface area contributed by atoms with Crippen LogP contribution in [0.2, 0.25) is 0 Å². The number of aryl methyl sites for hydroxylation is 1. The number of nitrogens with zero attached hydrogens (tertiary/aromatic N) is 5. The lowest BCUT2D eigenvalue weighted by Crippen LogP contribution is -2.70. The SMILES string of the molecule is Cn1nnnc1SCC1=C(C(=O)O)N2C(=O)C(NC(=O)CC3=CNC(NS(C)(=O)=O)S3)[C@@H]2SC1. The number of carbonyl (C=O) groups is 3. The molecule has 3 atom stereocenters. The summed E-state index contributed by atoms with van der Waals surface area (Å²) in [5, 5.41) is 26.4. The molecule has 34 heavy (non-hydrogen) atoms. The van der Waals surface area contributed by atoms with Crippen molar-refractivity contribution in [1.82, 2.24) is 40.5 Å². The van der Waals surface area contributed by atoms with Crippen molar-refractivity contribution in [1.29, 1.82) is 0 Å². The van der Waals surface area contributed by atoms with E-state index in [1.165, 1.54) is 33.1 Å². The number of nitrogens with one attached hydrogen (secondary N) is 3. The summed E-state index contributed by atoms with van der Waals surface area (Å²) >= 11 is 3.79. The zero-order valence-corrected chi connectivity index (χ0v) is 21.1. The first-order valence-corrected chi connectivity index (χ1v) is 14.5. The standard InChI is InChI=1S/C16H20N8O6S4/c1-23-16(19-21-22-23)32-6-7-5-31-13-10(12(26)24(13)11(7)14(27)28)18-9(25)3-8-4-17-15(33-8)20-34(2,29)30/h4,10,13,15,17,20H,3,5-6H2,1-2H3,(H,18,25)(H,27,28)/t10?,13-,15?/m0/s1. The monoisotopic (exact) mass is 548 g/mol. The lowest BCUT2D eigenvalue weighted by molar-refractivity contribution is -0.150. The summed E-state index contributed by atoms with van der Waals surface area (Å²) in [4.78, 5) is 39.0. The van der Waals surface area contributed by atoms with Gasteiger partial charge in [0.2, 0.25) is 21.1 Å². The van der Waals surface area contributed by atoms with E-state index >= 15 is 0 Å². The lowest BCUT2D eigenvalue weighted by Gasteiger charge is -2.49. The number of hydrogen-bond acceptors (Lipinski definition) is 12. The molecule has 0 radical (unpaired) electrons. The maximum Gasteiger partial charge on any atom is 0.352 e. The molecule has 0 aromatic carbocycles. The van der Waals surface area contributed by atoms with Gasteiger partial charge in [-0.25, -0.2) is 17.9 Å². The third kappa shape index (κ3) is 5.35. The van der Waals surface area contributed by atoms with Crippen molar-refractivity contribution in [3.8, 4) is 0 Å². The summed E-state index contributed by atoms with van der Waals surface area (Å²) in [6, 6.07) is -0.839. The molecule has 3 aliphatic heterocycles. The first-order chi connectivity index (χ1) is 16.0. The molecule has 1 saturated heterocycles. The molecule has 2 amide bonds. The van der Waals surface area contributed by atoms with Crippen molar-refractivity contribution < 1.29 is 27.9 Å². The molecule has 4 N–H and O–H groups in total. The molecule has 0 spiro atoms. The molecule has 2 unspecified atom stereocenters. The van der Waals surface area contributed by atoms with Gasteiger partial charge in [0, 0.05) is 29.7 Å². The molecule has 184 valence electrons. The summed E-state index contributed by atoms with van der Waals surface area (Å²) < 4.78 is 26.5. The smallest absolute Gasteiger partial charge is 0.352 e. The molecule has 0 bridgehead atoms. The average molecular weight is 549 g/mol. The number of tetrazole rings is 1. The lowest BCUT2D eigenvalue weighted by atomic mass is 10.0. The number of carbonyl (C=O) groups excluding carboxylic acids is 2. The van der Waals surface area contributed by atoms with Crippen molar-refractivity contribution in [2.75, 3.05) is 17.8 Å². The second-order valence-electron chi connectivity index (χ2n) is 7.43. The van der Waals surface area contributed by atoms with Crippen LogP contribution in [0.1, 0.15) is 6.42 Å². The second-order valence-corrected chi connectivity index (χ2v) is 12.5. The number of β-lactam (4-membered cyclic amide) rings is 1. The Kier molecular flexibility index (Phi) is 7.13. The maximum absolute atomic E-state index is 12.8. The molecule has 0 aliphatic carbocycles. The summed E-state index contributed by atoms with van der Waals surface area (Å²) in [5.41, 5.74) is -0.109. The fraction of sp³-hybridized carbons (Fsp3) is 0.500. The van der Waals surface area contributed by atoms with Crippen LogP contribution >= 0.6 is 35.3 Å². The molecule has 4 rings (SSSR count). The minimum Gasteiger partial charge on any atom is -0.477 e. The molecule has 3 aliphatic rings. The maximum atomic E-state index is 12.8. The molecular formula is C16H20N8O6S4. The normalized spacial score (nSPS) is 24.3. The zero-order chi connectivity index (χ0) is 24.6. The molecule has 14 nitrogen and oxygen atoms in total. The Morgan fingerprint density at radius 3 is 2.82 bits per heavy atom.